The smallest absolute Gasteiger partial charge is 0.343 e. The summed E-state index contributed by atoms with van der Waals surface area (Å²) in [4.78, 5) is 126. The van der Waals surface area contributed by atoms with Crippen molar-refractivity contribution in [1.82, 2.24) is 5.32 Å². The van der Waals surface area contributed by atoms with Gasteiger partial charge in [-0.15, -0.1) is 0 Å². The van der Waals surface area contributed by atoms with Crippen LogP contribution < -0.4 is 5.32 Å². The summed E-state index contributed by atoms with van der Waals surface area (Å²) in [7, 11) is 1.07. The van der Waals surface area contributed by atoms with Gasteiger partial charge in [-0.1, -0.05) is 177 Å². The van der Waals surface area contributed by atoms with Crippen LogP contribution in [-0.2, 0) is 71.9 Å². The number of aliphatic hydroxyl groups is 2. The maximum absolute atomic E-state index is 12.0. The van der Waals surface area contributed by atoms with Crippen molar-refractivity contribution in [2.24, 2.45) is 23.7 Å². The number of non-ortho nitro benzene ring substituents is 1. The first-order valence-corrected chi connectivity index (χ1v) is 48.0. The fraction of sp³-hybridized carbons (Fsp3) is 0.659. The lowest BCUT2D eigenvalue weighted by atomic mass is 9.79. The van der Waals surface area contributed by atoms with Crippen LogP contribution in [-0.4, -0.2) is 176 Å². The van der Waals surface area contributed by atoms with Gasteiger partial charge >= 0.3 is 25.7 Å². The maximum atomic E-state index is 12.0. The summed E-state index contributed by atoms with van der Waals surface area (Å²) in [6.07, 6.45) is 33.0. The Morgan fingerprint density at radius 3 is 1.39 bits per heavy atom. The fourth-order valence-electron chi connectivity index (χ4n) is 14.0. The van der Waals surface area contributed by atoms with Crippen molar-refractivity contribution >= 4 is 70.1 Å². The number of phenols is 1. The number of nitrogens with zero attached hydrogens (tertiary/aromatic N) is 5. The van der Waals surface area contributed by atoms with Gasteiger partial charge in [-0.3, -0.25) is 64.4 Å². The van der Waals surface area contributed by atoms with Crippen molar-refractivity contribution in [1.29, 1.82) is 5.26 Å². The third-order valence-corrected chi connectivity index (χ3v) is 21.7. The number of allylic oxidation sites excluding steroid dienone is 3. The van der Waals surface area contributed by atoms with Crippen LogP contribution in [0.25, 0.3) is 0 Å². The van der Waals surface area contributed by atoms with E-state index in [1.165, 1.54) is 82.9 Å². The highest BCUT2D eigenvalue weighted by atomic mass is 31.1. The van der Waals surface area contributed by atoms with Crippen LogP contribution in [0.15, 0.2) is 109 Å². The zero-order chi connectivity index (χ0) is 91.9. The lowest BCUT2D eigenvalue weighted by Crippen LogP contribution is -2.53. The van der Waals surface area contributed by atoms with E-state index in [0.717, 1.165) is 173 Å². The highest BCUT2D eigenvalue weighted by molar-refractivity contribution is 7.44. The number of ether oxygens (including phenoxy) is 4. The summed E-state index contributed by atoms with van der Waals surface area (Å²) in [6.45, 7) is 17.1. The molecule has 0 amide bonds. The number of aliphatic hydroxyl groups excluding tert-OH is 2. The van der Waals surface area contributed by atoms with Crippen LogP contribution in [0.3, 0.4) is 0 Å². The van der Waals surface area contributed by atoms with Gasteiger partial charge in [0.05, 0.1) is 37.2 Å². The second-order valence-corrected chi connectivity index (χ2v) is 36.8. The average molecular weight is 1790 g/mol. The van der Waals surface area contributed by atoms with Crippen molar-refractivity contribution in [3.63, 3.8) is 0 Å². The average Bonchev–Trinajstić information content (AvgIpc) is 1.15. The van der Waals surface area contributed by atoms with E-state index in [-0.39, 0.29) is 91.0 Å². The molecule has 2 saturated heterocycles. The van der Waals surface area contributed by atoms with Crippen molar-refractivity contribution in [2.45, 2.75) is 310 Å². The van der Waals surface area contributed by atoms with Gasteiger partial charge < -0.3 is 58.4 Å². The minimum absolute atomic E-state index is 0. The number of nitro benzene ring substituents is 1. The Labute approximate surface area is 738 Å². The van der Waals surface area contributed by atoms with E-state index < -0.39 is 66.7 Å². The number of unbranched alkanes of at least 4 members (excludes halogenated alkanes) is 15. The molecule has 2 aliphatic heterocycles. The molecule has 3 aromatic carbocycles. The number of nitrogens with one attached hydrogen (secondary N) is 1. The number of hydrogen-bond acceptors (Lipinski definition) is 27. The quantitative estimate of drug-likeness (QED) is 0.00470. The van der Waals surface area contributed by atoms with Crippen LogP contribution in [0.4, 0.5) is 5.69 Å². The summed E-state index contributed by atoms with van der Waals surface area (Å²) >= 11 is 0. The largest absolute Gasteiger partial charge is 0.508 e. The first-order chi connectivity index (χ1) is 58.3. The maximum Gasteiger partial charge on any atom is 0.343 e. The lowest BCUT2D eigenvalue weighted by Gasteiger charge is -2.44. The molecule has 7 rings (SSSR count). The molecule has 2 heterocycles. The van der Waals surface area contributed by atoms with E-state index >= 15 is 0 Å². The number of phenolic OH excluding ortho intramolecular Hbond substituents is 1. The fourth-order valence-corrected chi connectivity index (χ4v) is 16.0. The molecule has 700 valence electrons. The number of methoxy groups -OCH3 is 3. The molecule has 2 aliphatic carbocycles. The molecule has 10 atom stereocenters. The number of esters is 3. The van der Waals surface area contributed by atoms with Crippen molar-refractivity contribution < 1.29 is 101 Å². The number of ketones is 2. The lowest BCUT2D eigenvalue weighted by molar-refractivity contribution is -0.539. The standard InChI is InChI=1S/C21H35NO6.C20H27NOSi.C14H23NO6.C10H17NO4.C8H16O2P.C6H5NO3.C4H6O2.C4H8O.C2H3N.2CH4/c1-3-4-7-10-17(23)14-13-16-15-19(24)21(22(26)27)18(16)11-8-5-6-9-12-20(25)28-2;1-23(2,3)22-20(19-15-10-16-21-19,17-11-6-4-7-12-17)18-13-8-5-9-14-18;1-21-13(18)7-5-3-2-4-6-11-10(9-16)8-12(17)14(11)15(19)20;1-15-10(12)8-6-4-2-3-5-7-9-11(13)14;1-3-4-5-6-8(9)7-11(2)10;8-6-3-1-5(2-4-6)7(9)10;5-3-1-2-4-6;1-2-4-5-3-1;1-2-3;;/h13-14,16,18-19,21,24H,3-12,15H2,1-2H3;4-9,11-14,19,21H,10,15-16H2,1-3H3;9-12,14,17H,2-8H2,1H3;7,9H,2-6,8H2,1H3;3-7H2,1-2H3;1-4,8H;3-4H,1-2H2;1-4H2;1H3;2*1H4/q;;;;+1;;;;;;/b14-13+;;;9-7+;;;;;;;/t16-,18-,19?,21?;19-;10-,11+,12?,14?;;;;;;;;/m100......../s1. The SMILES string of the molecule is C.C.C1CCOC1.CC#N.CCCCCC(=O)/C=C/[C@@H]1CC(O)C([N+](=O)[O-])[C@@H]1CCCCCCC(=O)OC.CCCCCC(=O)C[P+](C)=O.COC(=O)CCCCCC/C=C/[N+](=O)[O-].COC(=O)CCCCCC[C@H]1C([N+](=O)[O-])C(O)C[C@H]1C=O.C[Si](C)(C)OC(c1ccccc1)(c1ccccc1)[C@@H]1CCCN1.O=CCCC=O.O=[N+]([O-])c1ccc(O)cc1. The second-order valence-electron chi connectivity index (χ2n) is 30.8. The molecule has 0 spiro atoms. The number of Topliss-reactive ketones (excluding diaryl/α,β-unsaturated/α-hetero) is 1. The van der Waals surface area contributed by atoms with E-state index in [0.29, 0.717) is 70.3 Å². The zero-order valence-corrected chi connectivity index (χ0v) is 75.6. The van der Waals surface area contributed by atoms with Crippen molar-refractivity contribution in [3.05, 3.63) is 161 Å². The Kier molecular flexibility index (Phi) is 74.6. The summed E-state index contributed by atoms with van der Waals surface area (Å²) in [5.74, 6) is -1.60. The van der Waals surface area contributed by atoms with Gasteiger partial charge in [-0.25, -0.2) is 0 Å². The van der Waals surface area contributed by atoms with Crippen molar-refractivity contribution in [2.75, 3.05) is 53.9 Å². The molecule has 33 heteroatoms. The molecular formula is C91H148N6O25PSi+. The molecule has 0 aromatic heterocycles. The van der Waals surface area contributed by atoms with E-state index in [1.54, 1.807) is 31.0 Å². The number of aldehydes is 3. The summed E-state index contributed by atoms with van der Waals surface area (Å²) in [6, 6.07) is 26.6. The van der Waals surface area contributed by atoms with Crippen LogP contribution in [0.2, 0.25) is 19.6 Å². The Hall–Kier alpha value is -9.09. The first kappa shape index (κ1) is 121. The molecule has 31 nitrogen and oxygen atoms in total. The van der Waals surface area contributed by atoms with Gasteiger partial charge in [0.15, 0.2) is 19.9 Å². The molecule has 124 heavy (non-hydrogen) atoms. The minimum Gasteiger partial charge on any atom is -0.508 e. The first-order valence-electron chi connectivity index (χ1n) is 42.7. The number of benzene rings is 3. The summed E-state index contributed by atoms with van der Waals surface area (Å²) in [5, 5.41) is 82.0. The third kappa shape index (κ3) is 58.2. The number of carbonyl (C=O) groups is 8. The molecule has 2 saturated carbocycles. The van der Waals surface area contributed by atoms with Crippen molar-refractivity contribution in [3.8, 4) is 11.8 Å². The number of nitriles is 1. The zero-order valence-electron chi connectivity index (χ0n) is 73.7. The van der Waals surface area contributed by atoms with E-state index in [9.17, 15) is 93.6 Å². The molecule has 5 unspecified atom stereocenters. The molecule has 4 aliphatic rings. The molecular weight excluding hydrogens is 1640 g/mol. The second kappa shape index (κ2) is 76.4. The van der Waals surface area contributed by atoms with Gasteiger partial charge in [0.2, 0.25) is 24.4 Å². The van der Waals surface area contributed by atoms with Gasteiger partial charge in [-0.05, 0) is 164 Å². The molecule has 4 fully saturated rings. The number of hydrogen-bond donors (Lipinski definition) is 4. The molecule has 3 aromatic rings. The van der Waals surface area contributed by atoms with Crippen LogP contribution >= 0.6 is 7.80 Å². The predicted molar refractivity (Wildman–Crippen MR) is 484 cm³/mol. The summed E-state index contributed by atoms with van der Waals surface area (Å²) in [5.41, 5.74) is 2.10. The number of aromatic hydroxyl groups is 1. The van der Waals surface area contributed by atoms with E-state index in [2.05, 4.69) is 114 Å². The Balaban J connectivity index is -0.000000689. The van der Waals surface area contributed by atoms with Gasteiger partial charge in [0.25, 0.3) is 5.69 Å². The highest BCUT2D eigenvalue weighted by Gasteiger charge is 2.51. The van der Waals surface area contributed by atoms with E-state index in [4.69, 9.17) is 19.5 Å². The minimum atomic E-state index is -1.77. The van der Waals surface area contributed by atoms with E-state index in [1.807, 2.05) is 0 Å². The van der Waals surface area contributed by atoms with Gasteiger partial charge in [0.1, 0.15) is 49.1 Å². The third-order valence-electron chi connectivity index (χ3n) is 19.9. The Bertz CT molecular complexity index is 3470. The van der Waals surface area contributed by atoms with Gasteiger partial charge in [-0.2, -0.15) is 5.26 Å². The van der Waals surface area contributed by atoms with Crippen LogP contribution in [0.5, 0.6) is 5.75 Å². The Morgan fingerprint density at radius 2 is 1.02 bits per heavy atom. The highest BCUT2D eigenvalue weighted by Crippen LogP contribution is 2.43. The van der Waals surface area contributed by atoms with Crippen LogP contribution in [0.1, 0.15) is 265 Å². The monoisotopic (exact) mass is 1780 g/mol. The Morgan fingerprint density at radius 1 is 0.605 bits per heavy atom. The molecule has 4 N–H and O–H groups in total. The number of carbonyl (C=O) groups excluding carboxylic acids is 8. The number of rotatable bonds is 46. The molecule has 0 bridgehead atoms. The number of nitro groups is 4. The molecule has 0 radical (unpaired) electrons. The normalized spacial score (nSPS) is 18.2. The topological polar surface area (TPSA) is 469 Å². The summed E-state index contributed by atoms with van der Waals surface area (Å²) < 4.78 is 36.2. The predicted octanol–water partition coefficient (Wildman–Crippen LogP) is 18.7. The van der Waals surface area contributed by atoms with Crippen LogP contribution in [0, 0.1) is 75.5 Å². The van der Waals surface area contributed by atoms with Gasteiger partial charge in [0, 0.05) is 111 Å².